The van der Waals surface area contributed by atoms with Crippen molar-refractivity contribution in [2.75, 3.05) is 17.7 Å². The zero-order valence-corrected chi connectivity index (χ0v) is 16.6. The summed E-state index contributed by atoms with van der Waals surface area (Å²) in [5.74, 6) is -1.47. The van der Waals surface area contributed by atoms with Crippen LogP contribution in [0.2, 0.25) is 0 Å². The molecule has 0 saturated heterocycles. The fourth-order valence-corrected chi connectivity index (χ4v) is 3.52. The van der Waals surface area contributed by atoms with Crippen molar-refractivity contribution in [2.24, 2.45) is 5.73 Å². The van der Waals surface area contributed by atoms with Crippen LogP contribution in [-0.2, 0) is 11.2 Å². The fraction of sp³-hybridized carbons (Fsp3) is 0.0870. The lowest BCUT2D eigenvalue weighted by Crippen LogP contribution is -2.12. The summed E-state index contributed by atoms with van der Waals surface area (Å²) >= 11 is 0. The molecule has 0 aliphatic carbocycles. The van der Waals surface area contributed by atoms with Gasteiger partial charge >= 0.3 is 5.97 Å². The van der Waals surface area contributed by atoms with Crippen LogP contribution < -0.4 is 21.1 Å². The van der Waals surface area contributed by atoms with E-state index in [1.165, 1.54) is 7.11 Å². The lowest BCUT2D eigenvalue weighted by atomic mass is 10.00. The highest BCUT2D eigenvalue weighted by Crippen LogP contribution is 2.36. The Balaban J connectivity index is 1.73. The number of hydrogen-bond donors (Lipinski definition) is 4. The van der Waals surface area contributed by atoms with Gasteiger partial charge in [0.25, 0.3) is 11.8 Å². The molecule has 0 aromatic heterocycles. The third-order valence-corrected chi connectivity index (χ3v) is 5.02. The minimum atomic E-state index is -0.946. The number of carbonyl (C=O) groups is 3. The second kappa shape index (κ2) is 7.83. The molecule has 8 nitrogen and oxygen atoms in total. The second-order valence-electron chi connectivity index (χ2n) is 7.07. The van der Waals surface area contributed by atoms with E-state index in [0.29, 0.717) is 33.9 Å². The molecule has 0 unspecified atom stereocenters. The van der Waals surface area contributed by atoms with Gasteiger partial charge in [0.15, 0.2) is 0 Å². The number of nitrogens with two attached hydrogens (primary N) is 1. The van der Waals surface area contributed by atoms with Crippen molar-refractivity contribution < 1.29 is 24.2 Å². The Labute approximate surface area is 177 Å². The number of benzene rings is 3. The number of fused-ring (bicyclic) bond motifs is 2. The fourth-order valence-electron chi connectivity index (χ4n) is 3.52. The van der Waals surface area contributed by atoms with E-state index < -0.39 is 11.9 Å². The van der Waals surface area contributed by atoms with Crippen molar-refractivity contribution in [1.29, 1.82) is 0 Å². The first-order chi connectivity index (χ1) is 14.9. The van der Waals surface area contributed by atoms with E-state index in [1.54, 1.807) is 48.5 Å². The van der Waals surface area contributed by atoms with Crippen LogP contribution in [0, 0.1) is 0 Å². The van der Waals surface area contributed by atoms with E-state index in [4.69, 9.17) is 15.6 Å². The first kappa shape index (κ1) is 20.0. The van der Waals surface area contributed by atoms with Crippen LogP contribution in [0.3, 0.4) is 0 Å². The third kappa shape index (κ3) is 3.91. The van der Waals surface area contributed by atoms with Crippen LogP contribution in [0.1, 0.15) is 26.3 Å². The number of hydrogen-bond acceptors (Lipinski definition) is 5. The van der Waals surface area contributed by atoms with Gasteiger partial charge in [-0.15, -0.1) is 0 Å². The molecule has 1 heterocycles. The van der Waals surface area contributed by atoms with Crippen molar-refractivity contribution in [1.82, 2.24) is 0 Å². The molecule has 5 N–H and O–H groups in total. The summed E-state index contributed by atoms with van der Waals surface area (Å²) in [6, 6.07) is 15.5. The number of nitrogens with one attached hydrogen (secondary N) is 2. The molecule has 156 valence electrons. The van der Waals surface area contributed by atoms with E-state index in [0.717, 1.165) is 11.1 Å². The highest BCUT2D eigenvalue weighted by Gasteiger charge is 2.20. The summed E-state index contributed by atoms with van der Waals surface area (Å²) in [6.07, 6.45) is -0.136. The molecule has 0 bridgehead atoms. The number of anilines is 3. The SMILES string of the molecule is COc1cc(-c2ccc3c(c2)Nc2ccc(CC(=O)O)cc2NC3=O)ccc1C(N)=O. The molecule has 0 saturated carbocycles. The van der Waals surface area contributed by atoms with E-state index in [2.05, 4.69) is 10.6 Å². The number of carbonyl (C=O) groups excluding carboxylic acids is 2. The molecule has 0 radical (unpaired) electrons. The Morgan fingerprint density at radius 2 is 1.68 bits per heavy atom. The maximum atomic E-state index is 12.7. The Morgan fingerprint density at radius 3 is 2.39 bits per heavy atom. The maximum absolute atomic E-state index is 12.7. The van der Waals surface area contributed by atoms with Gasteiger partial charge in [0.2, 0.25) is 0 Å². The summed E-state index contributed by atoms with van der Waals surface area (Å²) in [4.78, 5) is 35.3. The van der Waals surface area contributed by atoms with Crippen LogP contribution in [0.15, 0.2) is 54.6 Å². The summed E-state index contributed by atoms with van der Waals surface area (Å²) in [5, 5.41) is 15.1. The van der Waals surface area contributed by atoms with Gasteiger partial charge in [0.05, 0.1) is 41.7 Å². The van der Waals surface area contributed by atoms with Gasteiger partial charge < -0.3 is 26.2 Å². The van der Waals surface area contributed by atoms with Crippen molar-refractivity contribution in [2.45, 2.75) is 6.42 Å². The lowest BCUT2D eigenvalue weighted by Gasteiger charge is -2.12. The zero-order chi connectivity index (χ0) is 22.1. The summed E-state index contributed by atoms with van der Waals surface area (Å²) < 4.78 is 5.28. The average molecular weight is 417 g/mol. The highest BCUT2D eigenvalue weighted by molar-refractivity contribution is 6.12. The summed E-state index contributed by atoms with van der Waals surface area (Å²) in [5.41, 5.74) is 10.0. The third-order valence-electron chi connectivity index (χ3n) is 5.02. The minimum Gasteiger partial charge on any atom is -0.496 e. The number of ether oxygens (including phenoxy) is 1. The minimum absolute atomic E-state index is 0.136. The first-order valence-corrected chi connectivity index (χ1v) is 9.41. The van der Waals surface area contributed by atoms with Gasteiger partial charge in [-0.2, -0.15) is 0 Å². The van der Waals surface area contributed by atoms with Crippen molar-refractivity contribution in [3.8, 4) is 16.9 Å². The normalized spacial score (nSPS) is 12.0. The predicted molar refractivity (Wildman–Crippen MR) is 116 cm³/mol. The lowest BCUT2D eigenvalue weighted by molar-refractivity contribution is -0.136. The molecule has 2 amide bonds. The smallest absolute Gasteiger partial charge is 0.307 e. The molecule has 4 rings (SSSR count). The molecule has 3 aromatic carbocycles. The molecule has 8 heteroatoms. The standard InChI is InChI=1S/C23H19N3O5/c1-31-20-11-14(4-6-16(20)22(24)29)13-3-5-15-18(10-13)25-17-7-2-12(9-21(27)28)8-19(17)26-23(15)30/h2-8,10-11,25H,9H2,1H3,(H2,24,29)(H,26,30)(H,27,28). The molecule has 1 aliphatic rings. The number of carboxylic acids is 1. The van der Waals surface area contributed by atoms with Crippen LogP contribution in [-0.4, -0.2) is 30.0 Å². The van der Waals surface area contributed by atoms with Gasteiger partial charge in [0, 0.05) is 0 Å². The highest BCUT2D eigenvalue weighted by atomic mass is 16.5. The molecule has 1 aliphatic heterocycles. The Morgan fingerprint density at radius 1 is 0.935 bits per heavy atom. The number of primary amides is 1. The van der Waals surface area contributed by atoms with E-state index in [1.807, 2.05) is 6.07 Å². The van der Waals surface area contributed by atoms with E-state index in [9.17, 15) is 14.4 Å². The molecular weight excluding hydrogens is 398 g/mol. The molecule has 31 heavy (non-hydrogen) atoms. The van der Waals surface area contributed by atoms with Gasteiger partial charge in [0.1, 0.15) is 5.75 Å². The number of carboxylic acid groups (broad SMARTS) is 1. The van der Waals surface area contributed by atoms with Crippen LogP contribution in [0.25, 0.3) is 11.1 Å². The van der Waals surface area contributed by atoms with Crippen LogP contribution >= 0.6 is 0 Å². The number of rotatable bonds is 5. The zero-order valence-electron chi connectivity index (χ0n) is 16.6. The molecular formula is C23H19N3O5. The first-order valence-electron chi connectivity index (χ1n) is 9.41. The van der Waals surface area contributed by atoms with Gasteiger partial charge in [-0.05, 0) is 53.1 Å². The quantitative estimate of drug-likeness (QED) is 0.503. The van der Waals surface area contributed by atoms with E-state index >= 15 is 0 Å². The Hall–Kier alpha value is -4.33. The molecule has 0 atom stereocenters. The number of amides is 2. The van der Waals surface area contributed by atoms with Crippen LogP contribution in [0.5, 0.6) is 5.75 Å². The Bertz CT molecular complexity index is 1240. The van der Waals surface area contributed by atoms with Crippen molar-refractivity contribution in [3.05, 3.63) is 71.3 Å². The topological polar surface area (TPSA) is 131 Å². The number of aliphatic carboxylic acids is 1. The average Bonchev–Trinajstić information content (AvgIpc) is 2.87. The number of methoxy groups -OCH3 is 1. The summed E-state index contributed by atoms with van der Waals surface area (Å²) in [7, 11) is 1.46. The molecule has 0 spiro atoms. The maximum Gasteiger partial charge on any atom is 0.307 e. The van der Waals surface area contributed by atoms with Crippen LogP contribution in [0.4, 0.5) is 17.1 Å². The summed E-state index contributed by atoms with van der Waals surface area (Å²) in [6.45, 7) is 0. The van der Waals surface area contributed by atoms with Gasteiger partial charge in [-0.1, -0.05) is 18.2 Å². The monoisotopic (exact) mass is 417 g/mol. The van der Waals surface area contributed by atoms with Gasteiger partial charge in [-0.3, -0.25) is 14.4 Å². The van der Waals surface area contributed by atoms with Crippen molar-refractivity contribution in [3.63, 3.8) is 0 Å². The molecule has 3 aromatic rings. The molecule has 0 fully saturated rings. The Kier molecular flexibility index (Phi) is 5.04. The van der Waals surface area contributed by atoms with Gasteiger partial charge in [-0.25, -0.2) is 0 Å². The van der Waals surface area contributed by atoms with E-state index in [-0.39, 0.29) is 17.9 Å². The van der Waals surface area contributed by atoms with Crippen molar-refractivity contribution >= 4 is 34.8 Å². The predicted octanol–water partition coefficient (Wildman–Crippen LogP) is 3.40. The second-order valence-corrected chi connectivity index (χ2v) is 7.07. The largest absolute Gasteiger partial charge is 0.496 e.